The van der Waals surface area contributed by atoms with Gasteiger partial charge in [-0.05, 0) is 13.0 Å². The van der Waals surface area contributed by atoms with Crippen molar-refractivity contribution in [2.75, 3.05) is 18.5 Å². The maximum Gasteiger partial charge on any atom is 0.270 e. The highest BCUT2D eigenvalue weighted by Crippen LogP contribution is 2.37. The molecule has 1 aliphatic rings. The number of hydrogen-bond acceptors (Lipinski definition) is 8. The van der Waals surface area contributed by atoms with Crippen molar-refractivity contribution in [1.82, 2.24) is 10.3 Å². The summed E-state index contributed by atoms with van der Waals surface area (Å²) >= 11 is 1.27. The molecule has 2 amide bonds. The van der Waals surface area contributed by atoms with Crippen LogP contribution in [-0.2, 0) is 4.79 Å². The predicted molar refractivity (Wildman–Crippen MR) is 109 cm³/mol. The van der Waals surface area contributed by atoms with Gasteiger partial charge >= 0.3 is 0 Å². The lowest BCUT2D eigenvalue weighted by Crippen LogP contribution is -2.41. The molecule has 4 rings (SSSR count). The average molecular weight is 428 g/mol. The first kappa shape index (κ1) is 19.6. The van der Waals surface area contributed by atoms with Crippen LogP contribution in [-0.4, -0.2) is 41.0 Å². The summed E-state index contributed by atoms with van der Waals surface area (Å²) in [4.78, 5) is 39.4. The smallest absolute Gasteiger partial charge is 0.270 e. The van der Waals surface area contributed by atoms with Crippen LogP contribution in [0.4, 0.5) is 10.8 Å². The molecule has 0 radical (unpaired) electrons. The second kappa shape index (κ2) is 7.95. The highest BCUT2D eigenvalue weighted by Gasteiger charge is 2.20. The van der Waals surface area contributed by atoms with Crippen molar-refractivity contribution in [3.63, 3.8) is 0 Å². The Labute approximate surface area is 174 Å². The number of carbonyl (C=O) groups excluding carboxylic acids is 2. The zero-order valence-electron chi connectivity index (χ0n) is 15.7. The summed E-state index contributed by atoms with van der Waals surface area (Å²) in [7, 11) is 0. The molecule has 11 heteroatoms. The molecule has 1 aliphatic heterocycles. The van der Waals surface area contributed by atoms with Gasteiger partial charge in [-0.25, -0.2) is 4.98 Å². The van der Waals surface area contributed by atoms with Gasteiger partial charge in [-0.15, -0.1) is 0 Å². The standard InChI is InChI=1S/C19H16N4O6S/c1-10(20-18(25)11-3-2-4-12(7-11)23(26)27)17(24)22-19-21-13-8-14-15(9-16(13)30-19)29-6-5-28-14/h2-4,7-10H,5-6H2,1H3,(H,20,25)(H,21,22,24). The molecular weight excluding hydrogens is 412 g/mol. The third-order valence-corrected chi connectivity index (χ3v) is 5.28. The predicted octanol–water partition coefficient (Wildman–Crippen LogP) is 2.73. The minimum absolute atomic E-state index is 0.0921. The molecule has 0 aliphatic carbocycles. The van der Waals surface area contributed by atoms with E-state index in [0.29, 0.717) is 35.4 Å². The molecule has 1 atom stereocenters. The van der Waals surface area contributed by atoms with E-state index in [2.05, 4.69) is 15.6 Å². The summed E-state index contributed by atoms with van der Waals surface area (Å²) in [6.07, 6.45) is 0. The molecule has 0 saturated carbocycles. The molecular formula is C19H16N4O6S. The molecule has 2 aromatic carbocycles. The van der Waals surface area contributed by atoms with E-state index in [1.54, 1.807) is 6.07 Å². The monoisotopic (exact) mass is 428 g/mol. The number of non-ortho nitro benzene ring substituents is 1. The molecule has 3 aromatic rings. The largest absolute Gasteiger partial charge is 0.486 e. The number of ether oxygens (including phenoxy) is 2. The minimum Gasteiger partial charge on any atom is -0.486 e. The lowest BCUT2D eigenvalue weighted by molar-refractivity contribution is -0.384. The van der Waals surface area contributed by atoms with Gasteiger partial charge in [0.15, 0.2) is 16.6 Å². The van der Waals surface area contributed by atoms with E-state index in [0.717, 1.165) is 10.8 Å². The Balaban J connectivity index is 1.43. The molecule has 1 aromatic heterocycles. The Kier molecular flexibility index (Phi) is 5.19. The first-order valence-electron chi connectivity index (χ1n) is 8.97. The minimum atomic E-state index is -0.886. The number of aromatic nitrogens is 1. The second-order valence-corrected chi connectivity index (χ2v) is 7.51. The molecule has 0 saturated heterocycles. The first-order valence-corrected chi connectivity index (χ1v) is 9.79. The molecule has 2 heterocycles. The van der Waals surface area contributed by atoms with Crippen LogP contribution < -0.4 is 20.1 Å². The zero-order valence-corrected chi connectivity index (χ0v) is 16.5. The van der Waals surface area contributed by atoms with Crippen molar-refractivity contribution in [1.29, 1.82) is 0 Å². The van der Waals surface area contributed by atoms with Crippen molar-refractivity contribution in [2.24, 2.45) is 0 Å². The Morgan fingerprint density at radius 1 is 1.20 bits per heavy atom. The topological polar surface area (TPSA) is 133 Å². The second-order valence-electron chi connectivity index (χ2n) is 6.47. The molecule has 0 fully saturated rings. The fourth-order valence-electron chi connectivity index (χ4n) is 2.84. The molecule has 154 valence electrons. The highest BCUT2D eigenvalue weighted by molar-refractivity contribution is 7.22. The van der Waals surface area contributed by atoms with E-state index in [9.17, 15) is 19.7 Å². The van der Waals surface area contributed by atoms with Crippen molar-refractivity contribution >= 4 is 44.2 Å². The fourth-order valence-corrected chi connectivity index (χ4v) is 3.72. The fraction of sp³-hybridized carbons (Fsp3) is 0.211. The number of amides is 2. The number of benzene rings is 2. The Hall–Kier alpha value is -3.73. The molecule has 2 N–H and O–H groups in total. The van der Waals surface area contributed by atoms with Crippen LogP contribution in [0.5, 0.6) is 11.5 Å². The van der Waals surface area contributed by atoms with Crippen molar-refractivity contribution in [2.45, 2.75) is 13.0 Å². The third-order valence-electron chi connectivity index (χ3n) is 4.34. The Bertz CT molecular complexity index is 1120. The van der Waals surface area contributed by atoms with Crippen LogP contribution in [0, 0.1) is 10.1 Å². The van der Waals surface area contributed by atoms with Gasteiger partial charge in [-0.1, -0.05) is 17.4 Å². The maximum atomic E-state index is 12.5. The van der Waals surface area contributed by atoms with Crippen LogP contribution in [0.2, 0.25) is 0 Å². The maximum absolute atomic E-state index is 12.5. The van der Waals surface area contributed by atoms with Crippen LogP contribution in [0.1, 0.15) is 17.3 Å². The summed E-state index contributed by atoms with van der Waals surface area (Å²) in [5, 5.41) is 16.4. The number of carbonyl (C=O) groups is 2. The number of nitrogens with one attached hydrogen (secondary N) is 2. The van der Waals surface area contributed by atoms with E-state index >= 15 is 0 Å². The number of thiazole rings is 1. The highest BCUT2D eigenvalue weighted by atomic mass is 32.1. The average Bonchev–Trinajstić information content (AvgIpc) is 3.12. The van der Waals surface area contributed by atoms with E-state index < -0.39 is 22.8 Å². The number of fused-ring (bicyclic) bond motifs is 2. The van der Waals surface area contributed by atoms with Gasteiger partial charge in [-0.3, -0.25) is 19.7 Å². The number of nitro benzene ring substituents is 1. The molecule has 0 spiro atoms. The van der Waals surface area contributed by atoms with Gasteiger partial charge in [0, 0.05) is 29.8 Å². The number of rotatable bonds is 5. The quantitative estimate of drug-likeness (QED) is 0.471. The van der Waals surface area contributed by atoms with Crippen LogP contribution in [0.25, 0.3) is 10.2 Å². The lowest BCUT2D eigenvalue weighted by atomic mass is 10.1. The van der Waals surface area contributed by atoms with E-state index in [1.807, 2.05) is 6.07 Å². The normalized spacial score (nSPS) is 13.5. The summed E-state index contributed by atoms with van der Waals surface area (Å²) in [6, 6.07) is 7.96. The summed E-state index contributed by atoms with van der Waals surface area (Å²) in [5.74, 6) is 0.181. The van der Waals surface area contributed by atoms with Crippen LogP contribution in [0.3, 0.4) is 0 Å². The van der Waals surface area contributed by atoms with Gasteiger partial charge in [0.1, 0.15) is 19.3 Å². The summed E-state index contributed by atoms with van der Waals surface area (Å²) < 4.78 is 11.9. The number of anilines is 1. The SMILES string of the molecule is CC(NC(=O)c1cccc([N+](=O)[O-])c1)C(=O)Nc1nc2cc3c(cc2s1)OCCO3. The lowest BCUT2D eigenvalue weighted by Gasteiger charge is -2.17. The molecule has 0 bridgehead atoms. The van der Waals surface area contributed by atoms with Gasteiger partial charge in [0.05, 0.1) is 15.1 Å². The molecule has 10 nitrogen and oxygen atoms in total. The van der Waals surface area contributed by atoms with E-state index in [-0.39, 0.29) is 11.3 Å². The number of nitrogens with zero attached hydrogens (tertiary/aromatic N) is 2. The molecule has 30 heavy (non-hydrogen) atoms. The van der Waals surface area contributed by atoms with E-state index in [1.165, 1.54) is 36.5 Å². The summed E-state index contributed by atoms with van der Waals surface area (Å²) in [5.41, 5.74) is 0.548. The first-order chi connectivity index (χ1) is 14.4. The van der Waals surface area contributed by atoms with Crippen molar-refractivity contribution < 1.29 is 24.0 Å². The Morgan fingerprint density at radius 2 is 1.93 bits per heavy atom. The zero-order chi connectivity index (χ0) is 21.3. The molecule has 1 unspecified atom stereocenters. The van der Waals surface area contributed by atoms with E-state index in [4.69, 9.17) is 9.47 Å². The van der Waals surface area contributed by atoms with Crippen LogP contribution in [0.15, 0.2) is 36.4 Å². The number of nitro groups is 1. The van der Waals surface area contributed by atoms with Crippen molar-refractivity contribution in [3.8, 4) is 11.5 Å². The van der Waals surface area contributed by atoms with Gasteiger partial charge in [0.2, 0.25) is 5.91 Å². The van der Waals surface area contributed by atoms with Gasteiger partial charge in [-0.2, -0.15) is 0 Å². The number of hydrogen-bond donors (Lipinski definition) is 2. The van der Waals surface area contributed by atoms with Crippen LogP contribution >= 0.6 is 11.3 Å². The summed E-state index contributed by atoms with van der Waals surface area (Å²) in [6.45, 7) is 2.45. The Morgan fingerprint density at radius 3 is 2.67 bits per heavy atom. The van der Waals surface area contributed by atoms with Gasteiger partial charge in [0.25, 0.3) is 11.6 Å². The third kappa shape index (κ3) is 4.01. The van der Waals surface area contributed by atoms with Crippen molar-refractivity contribution in [3.05, 3.63) is 52.1 Å². The van der Waals surface area contributed by atoms with Gasteiger partial charge < -0.3 is 20.1 Å².